The normalized spacial score (nSPS) is 11.5. The second-order valence-corrected chi connectivity index (χ2v) is 6.19. The Labute approximate surface area is 92.2 Å². The molecule has 0 aliphatic heterocycles. The van der Waals surface area contributed by atoms with Gasteiger partial charge in [0.1, 0.15) is 9.84 Å². The number of unbranched alkanes of at least 4 members (excludes halogenated alkanes) is 2. The van der Waals surface area contributed by atoms with Crippen molar-refractivity contribution < 1.29 is 8.42 Å². The Morgan fingerprint density at radius 3 is 2.27 bits per heavy atom. The van der Waals surface area contributed by atoms with E-state index >= 15 is 0 Å². The number of hydrogen-bond acceptors (Lipinski definition) is 2. The first kappa shape index (κ1) is 12.2. The van der Waals surface area contributed by atoms with Crippen molar-refractivity contribution >= 4 is 9.84 Å². The van der Waals surface area contributed by atoms with E-state index in [9.17, 15) is 8.42 Å². The van der Waals surface area contributed by atoms with E-state index < -0.39 is 9.84 Å². The summed E-state index contributed by atoms with van der Waals surface area (Å²) in [5.41, 5.74) is 1.33. The van der Waals surface area contributed by atoms with E-state index in [1.807, 2.05) is 18.2 Å². The Bertz CT molecular complexity index is 368. The van der Waals surface area contributed by atoms with Crippen molar-refractivity contribution in [2.45, 2.75) is 25.7 Å². The predicted octanol–water partition coefficient (Wildman–Crippen LogP) is 2.44. The first-order valence-electron chi connectivity index (χ1n) is 5.29. The van der Waals surface area contributed by atoms with Gasteiger partial charge in [-0.2, -0.15) is 0 Å². The lowest BCUT2D eigenvalue weighted by Gasteiger charge is -2.01. The Hall–Kier alpha value is -0.830. The Kier molecular flexibility index (Phi) is 4.82. The van der Waals surface area contributed by atoms with Crippen LogP contribution >= 0.6 is 0 Å². The van der Waals surface area contributed by atoms with Crippen LogP contribution in [0.5, 0.6) is 0 Å². The molecule has 1 aromatic carbocycles. The van der Waals surface area contributed by atoms with Crippen LogP contribution in [0.1, 0.15) is 24.8 Å². The maximum absolute atomic E-state index is 10.9. The molecule has 84 valence electrons. The molecule has 0 aliphatic carbocycles. The van der Waals surface area contributed by atoms with Crippen molar-refractivity contribution in [1.29, 1.82) is 0 Å². The summed E-state index contributed by atoms with van der Waals surface area (Å²) in [7, 11) is -2.77. The molecule has 0 unspecified atom stereocenters. The third-order valence-corrected chi connectivity index (χ3v) is 3.35. The third-order valence-electron chi connectivity index (χ3n) is 2.32. The lowest BCUT2D eigenvalue weighted by Crippen LogP contribution is -2.02. The number of hydrogen-bond donors (Lipinski definition) is 0. The van der Waals surface area contributed by atoms with Gasteiger partial charge in [0.25, 0.3) is 0 Å². The molecule has 1 aromatic rings. The highest BCUT2D eigenvalue weighted by atomic mass is 32.2. The van der Waals surface area contributed by atoms with Crippen LogP contribution in [0.4, 0.5) is 0 Å². The van der Waals surface area contributed by atoms with Crippen LogP contribution in [-0.4, -0.2) is 20.4 Å². The molecular formula is C12H18O2S. The van der Waals surface area contributed by atoms with Crippen LogP contribution in [-0.2, 0) is 16.3 Å². The van der Waals surface area contributed by atoms with Crippen molar-refractivity contribution in [2.24, 2.45) is 0 Å². The maximum Gasteiger partial charge on any atom is 0.147 e. The molecule has 0 fully saturated rings. The maximum atomic E-state index is 10.9. The summed E-state index contributed by atoms with van der Waals surface area (Å²) >= 11 is 0. The first-order chi connectivity index (χ1) is 7.08. The van der Waals surface area contributed by atoms with Gasteiger partial charge in [-0.25, -0.2) is 8.42 Å². The molecule has 0 spiro atoms. The molecule has 15 heavy (non-hydrogen) atoms. The molecule has 0 saturated heterocycles. The third kappa shape index (κ3) is 6.28. The van der Waals surface area contributed by atoms with E-state index in [0.29, 0.717) is 5.75 Å². The van der Waals surface area contributed by atoms with Crippen LogP contribution in [0, 0.1) is 0 Å². The molecule has 0 radical (unpaired) electrons. The van der Waals surface area contributed by atoms with Crippen LogP contribution < -0.4 is 0 Å². The molecular weight excluding hydrogens is 208 g/mol. The van der Waals surface area contributed by atoms with E-state index in [2.05, 4.69) is 12.1 Å². The van der Waals surface area contributed by atoms with E-state index in [4.69, 9.17) is 0 Å². The standard InChI is InChI=1S/C12H18O2S/c1-15(13,14)11-7-3-6-10-12-8-4-2-5-9-12/h2,4-5,8-9H,3,6-7,10-11H2,1H3. The molecule has 0 N–H and O–H groups in total. The highest BCUT2D eigenvalue weighted by Crippen LogP contribution is 2.06. The van der Waals surface area contributed by atoms with Crippen molar-refractivity contribution in [1.82, 2.24) is 0 Å². The molecule has 0 heterocycles. The summed E-state index contributed by atoms with van der Waals surface area (Å²) in [6, 6.07) is 10.3. The van der Waals surface area contributed by atoms with Gasteiger partial charge in [0.2, 0.25) is 0 Å². The first-order valence-corrected chi connectivity index (χ1v) is 7.36. The number of sulfone groups is 1. The van der Waals surface area contributed by atoms with Gasteiger partial charge in [0.05, 0.1) is 0 Å². The average Bonchev–Trinajstić information content (AvgIpc) is 2.17. The smallest absolute Gasteiger partial charge is 0.147 e. The zero-order valence-electron chi connectivity index (χ0n) is 9.15. The van der Waals surface area contributed by atoms with Gasteiger partial charge in [-0.05, 0) is 24.8 Å². The quantitative estimate of drug-likeness (QED) is 0.698. The van der Waals surface area contributed by atoms with Gasteiger partial charge in [0, 0.05) is 12.0 Å². The van der Waals surface area contributed by atoms with Gasteiger partial charge < -0.3 is 0 Å². The Morgan fingerprint density at radius 1 is 1.00 bits per heavy atom. The summed E-state index contributed by atoms with van der Waals surface area (Å²) in [6.07, 6.45) is 5.18. The fraction of sp³-hybridized carbons (Fsp3) is 0.500. The summed E-state index contributed by atoms with van der Waals surface area (Å²) in [5, 5.41) is 0. The largest absolute Gasteiger partial charge is 0.229 e. The van der Waals surface area contributed by atoms with Crippen LogP contribution in [0.3, 0.4) is 0 Å². The molecule has 2 nitrogen and oxygen atoms in total. The predicted molar refractivity (Wildman–Crippen MR) is 63.7 cm³/mol. The van der Waals surface area contributed by atoms with E-state index in [-0.39, 0.29) is 0 Å². The Morgan fingerprint density at radius 2 is 1.67 bits per heavy atom. The Balaban J connectivity index is 2.13. The summed E-state index contributed by atoms with van der Waals surface area (Å²) in [5.74, 6) is 0.321. The van der Waals surface area contributed by atoms with Crippen LogP contribution in [0.25, 0.3) is 0 Å². The fourth-order valence-corrected chi connectivity index (χ4v) is 2.24. The van der Waals surface area contributed by atoms with Gasteiger partial charge in [-0.1, -0.05) is 36.8 Å². The van der Waals surface area contributed by atoms with Crippen molar-refractivity contribution in [3.05, 3.63) is 35.9 Å². The van der Waals surface area contributed by atoms with E-state index in [1.165, 1.54) is 11.8 Å². The molecule has 0 aromatic heterocycles. The monoisotopic (exact) mass is 226 g/mol. The number of aryl methyl sites for hydroxylation is 1. The summed E-state index contributed by atoms with van der Waals surface area (Å²) in [6.45, 7) is 0. The fourth-order valence-electron chi connectivity index (χ4n) is 1.51. The minimum absolute atomic E-state index is 0.321. The van der Waals surface area contributed by atoms with Crippen LogP contribution in [0.2, 0.25) is 0 Å². The average molecular weight is 226 g/mol. The minimum Gasteiger partial charge on any atom is -0.229 e. The second-order valence-electron chi connectivity index (χ2n) is 3.93. The van der Waals surface area contributed by atoms with Crippen molar-refractivity contribution in [2.75, 3.05) is 12.0 Å². The van der Waals surface area contributed by atoms with Gasteiger partial charge in [0.15, 0.2) is 0 Å². The summed E-state index contributed by atoms with van der Waals surface area (Å²) in [4.78, 5) is 0. The van der Waals surface area contributed by atoms with Crippen molar-refractivity contribution in [3.63, 3.8) is 0 Å². The summed E-state index contributed by atoms with van der Waals surface area (Å²) < 4.78 is 21.7. The number of rotatable bonds is 6. The molecule has 3 heteroatoms. The topological polar surface area (TPSA) is 34.1 Å². The minimum atomic E-state index is -2.77. The van der Waals surface area contributed by atoms with E-state index in [0.717, 1.165) is 25.7 Å². The molecule has 1 rings (SSSR count). The van der Waals surface area contributed by atoms with Crippen LogP contribution in [0.15, 0.2) is 30.3 Å². The lowest BCUT2D eigenvalue weighted by molar-refractivity contribution is 0.595. The molecule has 0 atom stereocenters. The molecule has 0 bridgehead atoms. The lowest BCUT2D eigenvalue weighted by atomic mass is 10.1. The molecule has 0 saturated carbocycles. The van der Waals surface area contributed by atoms with Crippen molar-refractivity contribution in [3.8, 4) is 0 Å². The zero-order valence-corrected chi connectivity index (χ0v) is 9.96. The highest BCUT2D eigenvalue weighted by Gasteiger charge is 2.00. The molecule has 0 amide bonds. The second kappa shape index (κ2) is 5.91. The zero-order chi connectivity index (χ0) is 11.1. The van der Waals surface area contributed by atoms with Gasteiger partial charge >= 0.3 is 0 Å². The number of benzene rings is 1. The van der Waals surface area contributed by atoms with E-state index in [1.54, 1.807) is 0 Å². The van der Waals surface area contributed by atoms with Gasteiger partial charge in [-0.3, -0.25) is 0 Å². The van der Waals surface area contributed by atoms with Gasteiger partial charge in [-0.15, -0.1) is 0 Å². The highest BCUT2D eigenvalue weighted by molar-refractivity contribution is 7.90. The molecule has 0 aliphatic rings. The SMILES string of the molecule is CS(=O)(=O)CCCCCc1ccccc1.